The molecule has 0 saturated heterocycles. The van der Waals surface area contributed by atoms with Gasteiger partial charge in [0.2, 0.25) is 5.91 Å². The van der Waals surface area contributed by atoms with Crippen LogP contribution in [0.2, 0.25) is 0 Å². The summed E-state index contributed by atoms with van der Waals surface area (Å²) >= 11 is 0. The summed E-state index contributed by atoms with van der Waals surface area (Å²) in [6.45, 7) is 1.07. The summed E-state index contributed by atoms with van der Waals surface area (Å²) in [5, 5.41) is 12.5. The van der Waals surface area contributed by atoms with Crippen molar-refractivity contribution >= 4 is 5.91 Å². The molecule has 18 heavy (non-hydrogen) atoms. The van der Waals surface area contributed by atoms with Crippen LogP contribution in [-0.2, 0) is 4.79 Å². The highest BCUT2D eigenvalue weighted by Gasteiger charge is 2.47. The number of amides is 1. The van der Waals surface area contributed by atoms with Crippen LogP contribution in [-0.4, -0.2) is 24.2 Å². The number of carbonyl (C=O) groups is 1. The van der Waals surface area contributed by atoms with Crippen molar-refractivity contribution in [2.75, 3.05) is 13.2 Å². The molecule has 3 heteroatoms. The molecule has 0 aromatic heterocycles. The highest BCUT2D eigenvalue weighted by molar-refractivity contribution is 5.79. The molecule has 3 saturated carbocycles. The largest absolute Gasteiger partial charge is 0.396 e. The average Bonchev–Trinajstić information content (AvgIpc) is 3.02. The number of carbonyl (C=O) groups excluding carboxylic acids is 1. The summed E-state index contributed by atoms with van der Waals surface area (Å²) < 4.78 is 0. The quantitative estimate of drug-likeness (QED) is 0.802. The van der Waals surface area contributed by atoms with E-state index in [2.05, 4.69) is 5.32 Å². The fraction of sp³-hybridized carbons (Fsp3) is 0.933. The van der Waals surface area contributed by atoms with Crippen LogP contribution in [0.25, 0.3) is 0 Å². The number of hydrogen-bond donors (Lipinski definition) is 2. The smallest absolute Gasteiger partial charge is 0.223 e. The van der Waals surface area contributed by atoms with Gasteiger partial charge in [0, 0.05) is 19.1 Å². The van der Waals surface area contributed by atoms with Gasteiger partial charge in [-0.15, -0.1) is 0 Å². The molecule has 0 heterocycles. The van der Waals surface area contributed by atoms with E-state index in [0.29, 0.717) is 17.8 Å². The first kappa shape index (κ1) is 12.5. The molecule has 3 aliphatic carbocycles. The molecular weight excluding hydrogens is 226 g/mol. The van der Waals surface area contributed by atoms with Crippen LogP contribution in [0.1, 0.15) is 44.9 Å². The molecule has 0 aromatic rings. The van der Waals surface area contributed by atoms with Gasteiger partial charge >= 0.3 is 0 Å². The van der Waals surface area contributed by atoms with Crippen molar-refractivity contribution in [2.24, 2.45) is 29.6 Å². The van der Waals surface area contributed by atoms with E-state index in [1.165, 1.54) is 25.7 Å². The SMILES string of the molecule is O=C(NCC1CCCCC1CO)C1CC2CC2C1. The molecule has 3 nitrogen and oxygen atoms in total. The summed E-state index contributed by atoms with van der Waals surface area (Å²) in [5.74, 6) is 3.25. The van der Waals surface area contributed by atoms with Crippen LogP contribution in [0.5, 0.6) is 0 Å². The van der Waals surface area contributed by atoms with Crippen molar-refractivity contribution in [3.8, 4) is 0 Å². The second kappa shape index (κ2) is 5.20. The van der Waals surface area contributed by atoms with E-state index in [-0.39, 0.29) is 12.5 Å². The van der Waals surface area contributed by atoms with E-state index in [4.69, 9.17) is 0 Å². The molecule has 0 aliphatic heterocycles. The van der Waals surface area contributed by atoms with Gasteiger partial charge < -0.3 is 10.4 Å². The minimum absolute atomic E-state index is 0.282. The zero-order valence-corrected chi connectivity index (χ0v) is 11.1. The Balaban J connectivity index is 1.43. The Bertz CT molecular complexity index is 308. The van der Waals surface area contributed by atoms with E-state index in [1.54, 1.807) is 0 Å². The summed E-state index contributed by atoms with van der Waals surface area (Å²) in [6.07, 6.45) is 8.42. The van der Waals surface area contributed by atoms with Crippen LogP contribution in [0.3, 0.4) is 0 Å². The predicted octanol–water partition coefficient (Wildman–Crippen LogP) is 1.95. The molecular formula is C15H25NO2. The fourth-order valence-corrected chi connectivity index (χ4v) is 4.10. The molecule has 4 atom stereocenters. The van der Waals surface area contributed by atoms with Crippen molar-refractivity contribution in [3.05, 3.63) is 0 Å². The topological polar surface area (TPSA) is 49.3 Å². The van der Waals surface area contributed by atoms with Crippen LogP contribution >= 0.6 is 0 Å². The van der Waals surface area contributed by atoms with E-state index in [9.17, 15) is 9.90 Å². The minimum atomic E-state index is 0.282. The highest BCUT2D eigenvalue weighted by Crippen LogP contribution is 2.54. The second-order valence-corrected chi connectivity index (χ2v) is 6.66. The third-order valence-electron chi connectivity index (χ3n) is 5.45. The lowest BCUT2D eigenvalue weighted by molar-refractivity contribution is -0.125. The van der Waals surface area contributed by atoms with Gasteiger partial charge in [-0.05, 0) is 55.8 Å². The first-order chi connectivity index (χ1) is 8.78. The van der Waals surface area contributed by atoms with Crippen LogP contribution < -0.4 is 5.32 Å². The number of aliphatic hydroxyl groups is 1. The lowest BCUT2D eigenvalue weighted by Gasteiger charge is -2.30. The number of fused-ring (bicyclic) bond motifs is 1. The fourth-order valence-electron chi connectivity index (χ4n) is 4.10. The Kier molecular flexibility index (Phi) is 3.60. The average molecular weight is 251 g/mol. The minimum Gasteiger partial charge on any atom is -0.396 e. The predicted molar refractivity (Wildman–Crippen MR) is 69.9 cm³/mol. The number of hydrogen-bond acceptors (Lipinski definition) is 2. The van der Waals surface area contributed by atoms with Gasteiger partial charge in [0.15, 0.2) is 0 Å². The Morgan fingerprint density at radius 1 is 1.06 bits per heavy atom. The monoisotopic (exact) mass is 251 g/mol. The molecule has 1 amide bonds. The Morgan fingerprint density at radius 2 is 1.72 bits per heavy atom. The molecule has 2 N–H and O–H groups in total. The van der Waals surface area contributed by atoms with Gasteiger partial charge in [-0.1, -0.05) is 12.8 Å². The lowest BCUT2D eigenvalue weighted by atomic mass is 9.79. The lowest BCUT2D eigenvalue weighted by Crippen LogP contribution is -2.38. The molecule has 0 bridgehead atoms. The van der Waals surface area contributed by atoms with Gasteiger partial charge in [-0.2, -0.15) is 0 Å². The van der Waals surface area contributed by atoms with E-state index in [1.807, 2.05) is 0 Å². The van der Waals surface area contributed by atoms with Crippen molar-refractivity contribution in [2.45, 2.75) is 44.9 Å². The van der Waals surface area contributed by atoms with Gasteiger partial charge in [0.1, 0.15) is 0 Å². The van der Waals surface area contributed by atoms with Gasteiger partial charge in [-0.25, -0.2) is 0 Å². The molecule has 102 valence electrons. The van der Waals surface area contributed by atoms with E-state index in [0.717, 1.165) is 37.6 Å². The maximum absolute atomic E-state index is 12.1. The normalized spacial score (nSPS) is 42.4. The standard InChI is InChI=1S/C15H25NO2/c17-9-11-4-2-1-3-10(11)8-16-15(18)14-6-12-5-13(12)7-14/h10-14,17H,1-9H2,(H,16,18). The van der Waals surface area contributed by atoms with Gasteiger partial charge in [-0.3, -0.25) is 4.79 Å². The van der Waals surface area contributed by atoms with Crippen molar-refractivity contribution in [3.63, 3.8) is 0 Å². The maximum Gasteiger partial charge on any atom is 0.223 e. The molecule has 0 spiro atoms. The van der Waals surface area contributed by atoms with Crippen LogP contribution in [0.4, 0.5) is 0 Å². The Hall–Kier alpha value is -0.570. The Morgan fingerprint density at radius 3 is 2.39 bits per heavy atom. The summed E-state index contributed by atoms with van der Waals surface area (Å²) in [5.41, 5.74) is 0. The molecule has 4 unspecified atom stereocenters. The highest BCUT2D eigenvalue weighted by atomic mass is 16.3. The maximum atomic E-state index is 12.1. The molecule has 3 aliphatic rings. The zero-order valence-electron chi connectivity index (χ0n) is 11.1. The first-order valence-corrected chi connectivity index (χ1v) is 7.66. The summed E-state index contributed by atoms with van der Waals surface area (Å²) in [4.78, 5) is 12.1. The third-order valence-corrected chi connectivity index (χ3v) is 5.45. The number of nitrogens with one attached hydrogen (secondary N) is 1. The number of rotatable bonds is 4. The van der Waals surface area contributed by atoms with E-state index < -0.39 is 0 Å². The van der Waals surface area contributed by atoms with Crippen LogP contribution in [0.15, 0.2) is 0 Å². The molecule has 3 rings (SSSR count). The van der Waals surface area contributed by atoms with Crippen molar-refractivity contribution < 1.29 is 9.90 Å². The second-order valence-electron chi connectivity index (χ2n) is 6.66. The van der Waals surface area contributed by atoms with Gasteiger partial charge in [0.25, 0.3) is 0 Å². The zero-order chi connectivity index (χ0) is 12.5. The first-order valence-electron chi connectivity index (χ1n) is 7.66. The van der Waals surface area contributed by atoms with Crippen molar-refractivity contribution in [1.29, 1.82) is 0 Å². The van der Waals surface area contributed by atoms with E-state index >= 15 is 0 Å². The number of aliphatic hydroxyl groups excluding tert-OH is 1. The third kappa shape index (κ3) is 2.56. The summed E-state index contributed by atoms with van der Waals surface area (Å²) in [7, 11) is 0. The van der Waals surface area contributed by atoms with Crippen molar-refractivity contribution in [1.82, 2.24) is 5.32 Å². The molecule has 0 aromatic carbocycles. The molecule has 3 fully saturated rings. The van der Waals surface area contributed by atoms with Crippen LogP contribution in [0, 0.1) is 29.6 Å². The van der Waals surface area contributed by atoms with Gasteiger partial charge in [0.05, 0.1) is 0 Å². The molecule has 0 radical (unpaired) electrons. The summed E-state index contributed by atoms with van der Waals surface area (Å²) in [6, 6.07) is 0. The Labute approximate surface area is 109 Å².